The third-order valence-corrected chi connectivity index (χ3v) is 4.57. The molecule has 0 unspecified atom stereocenters. The van der Waals surface area contributed by atoms with Gasteiger partial charge in [0.2, 0.25) is 5.91 Å². The van der Waals surface area contributed by atoms with Gasteiger partial charge < -0.3 is 10.6 Å². The Labute approximate surface area is 111 Å². The summed E-state index contributed by atoms with van der Waals surface area (Å²) in [6.07, 6.45) is 10.3. The zero-order valence-electron chi connectivity index (χ0n) is 11.7. The molecule has 2 rings (SSSR count). The highest BCUT2D eigenvalue weighted by Crippen LogP contribution is 2.27. The SMILES string of the molecule is CC1CCC(CNCC(=O)NC2CCCC2)CC1. The molecular formula is C15H28N2O. The van der Waals surface area contributed by atoms with Crippen LogP contribution in [0.1, 0.15) is 58.3 Å². The fraction of sp³-hybridized carbons (Fsp3) is 0.933. The van der Waals surface area contributed by atoms with E-state index in [1.54, 1.807) is 0 Å². The molecule has 0 aromatic carbocycles. The maximum absolute atomic E-state index is 11.7. The second kappa shape index (κ2) is 7.13. The lowest BCUT2D eigenvalue weighted by Crippen LogP contribution is -2.40. The van der Waals surface area contributed by atoms with Crippen LogP contribution in [0.15, 0.2) is 0 Å². The number of hydrogen-bond donors (Lipinski definition) is 2. The third-order valence-electron chi connectivity index (χ3n) is 4.57. The molecule has 2 fully saturated rings. The van der Waals surface area contributed by atoms with Crippen molar-refractivity contribution in [3.05, 3.63) is 0 Å². The molecule has 0 heterocycles. The molecule has 2 aliphatic rings. The average Bonchev–Trinajstić information content (AvgIpc) is 2.84. The number of nitrogens with one attached hydrogen (secondary N) is 2. The van der Waals surface area contributed by atoms with E-state index in [-0.39, 0.29) is 5.91 Å². The molecule has 0 radical (unpaired) electrons. The maximum atomic E-state index is 11.7. The van der Waals surface area contributed by atoms with Gasteiger partial charge >= 0.3 is 0 Å². The smallest absolute Gasteiger partial charge is 0.234 e. The van der Waals surface area contributed by atoms with Crippen LogP contribution in [-0.4, -0.2) is 25.0 Å². The van der Waals surface area contributed by atoms with Crippen molar-refractivity contribution in [3.8, 4) is 0 Å². The number of amides is 1. The Kier molecular flexibility index (Phi) is 5.48. The Morgan fingerprint density at radius 3 is 2.39 bits per heavy atom. The summed E-state index contributed by atoms with van der Waals surface area (Å²) in [7, 11) is 0. The Morgan fingerprint density at radius 1 is 1.06 bits per heavy atom. The van der Waals surface area contributed by atoms with Crippen LogP contribution in [0.25, 0.3) is 0 Å². The highest BCUT2D eigenvalue weighted by atomic mass is 16.1. The standard InChI is InChI=1S/C15H28N2O/c1-12-6-8-13(9-7-12)10-16-11-15(18)17-14-4-2-3-5-14/h12-14,16H,2-11H2,1H3,(H,17,18). The van der Waals surface area contributed by atoms with Gasteiger partial charge in [0.05, 0.1) is 6.54 Å². The summed E-state index contributed by atoms with van der Waals surface area (Å²) in [4.78, 5) is 11.7. The van der Waals surface area contributed by atoms with E-state index in [0.717, 1.165) is 18.4 Å². The van der Waals surface area contributed by atoms with E-state index < -0.39 is 0 Å². The monoisotopic (exact) mass is 252 g/mol. The lowest BCUT2D eigenvalue weighted by atomic mass is 9.83. The quantitative estimate of drug-likeness (QED) is 0.789. The minimum absolute atomic E-state index is 0.186. The van der Waals surface area contributed by atoms with E-state index in [9.17, 15) is 4.79 Å². The zero-order valence-corrected chi connectivity index (χ0v) is 11.7. The van der Waals surface area contributed by atoms with Gasteiger partial charge in [-0.05, 0) is 44.1 Å². The van der Waals surface area contributed by atoms with Crippen LogP contribution in [-0.2, 0) is 4.79 Å². The van der Waals surface area contributed by atoms with Gasteiger partial charge in [-0.1, -0.05) is 32.6 Å². The Balaban J connectivity index is 1.53. The molecule has 104 valence electrons. The number of hydrogen-bond acceptors (Lipinski definition) is 2. The molecule has 3 nitrogen and oxygen atoms in total. The first-order chi connectivity index (χ1) is 8.74. The van der Waals surface area contributed by atoms with E-state index in [0.29, 0.717) is 12.6 Å². The molecule has 0 bridgehead atoms. The molecule has 0 atom stereocenters. The second-order valence-electron chi connectivity index (χ2n) is 6.31. The molecule has 3 heteroatoms. The van der Waals surface area contributed by atoms with Crippen LogP contribution in [0, 0.1) is 11.8 Å². The molecule has 0 aromatic rings. The van der Waals surface area contributed by atoms with E-state index >= 15 is 0 Å². The van der Waals surface area contributed by atoms with Crippen molar-refractivity contribution >= 4 is 5.91 Å². The van der Waals surface area contributed by atoms with Crippen LogP contribution in [0.5, 0.6) is 0 Å². The van der Waals surface area contributed by atoms with Gasteiger partial charge in [-0.15, -0.1) is 0 Å². The Morgan fingerprint density at radius 2 is 1.72 bits per heavy atom. The van der Waals surface area contributed by atoms with Crippen LogP contribution >= 0.6 is 0 Å². The summed E-state index contributed by atoms with van der Waals surface area (Å²) in [6, 6.07) is 0.454. The second-order valence-corrected chi connectivity index (χ2v) is 6.31. The minimum atomic E-state index is 0.186. The normalized spacial score (nSPS) is 29.4. The summed E-state index contributed by atoms with van der Waals surface area (Å²) in [5.74, 6) is 1.89. The van der Waals surface area contributed by atoms with Gasteiger partial charge in [0.25, 0.3) is 0 Å². The van der Waals surface area contributed by atoms with E-state index in [4.69, 9.17) is 0 Å². The van der Waals surface area contributed by atoms with Gasteiger partial charge in [0.15, 0.2) is 0 Å². The molecule has 18 heavy (non-hydrogen) atoms. The van der Waals surface area contributed by atoms with Crippen LogP contribution in [0.2, 0.25) is 0 Å². The summed E-state index contributed by atoms with van der Waals surface area (Å²) in [5.41, 5.74) is 0. The lowest BCUT2D eigenvalue weighted by molar-refractivity contribution is -0.120. The average molecular weight is 252 g/mol. The molecule has 0 spiro atoms. The largest absolute Gasteiger partial charge is 0.352 e. The van der Waals surface area contributed by atoms with Crippen molar-refractivity contribution in [2.45, 2.75) is 64.3 Å². The summed E-state index contributed by atoms with van der Waals surface area (Å²) < 4.78 is 0. The van der Waals surface area contributed by atoms with Crippen molar-refractivity contribution in [2.75, 3.05) is 13.1 Å². The highest BCUT2D eigenvalue weighted by Gasteiger charge is 2.19. The topological polar surface area (TPSA) is 41.1 Å². The van der Waals surface area contributed by atoms with Gasteiger partial charge in [0.1, 0.15) is 0 Å². The lowest BCUT2D eigenvalue weighted by Gasteiger charge is -2.26. The van der Waals surface area contributed by atoms with E-state index in [2.05, 4.69) is 17.6 Å². The van der Waals surface area contributed by atoms with E-state index in [1.165, 1.54) is 51.4 Å². The first-order valence-corrected chi connectivity index (χ1v) is 7.74. The molecule has 0 saturated heterocycles. The first-order valence-electron chi connectivity index (χ1n) is 7.74. The summed E-state index contributed by atoms with van der Waals surface area (Å²) in [5, 5.41) is 6.45. The molecular weight excluding hydrogens is 224 g/mol. The number of rotatable bonds is 5. The maximum Gasteiger partial charge on any atom is 0.234 e. The number of carbonyl (C=O) groups excluding carboxylic acids is 1. The summed E-state index contributed by atoms with van der Waals surface area (Å²) >= 11 is 0. The molecule has 2 saturated carbocycles. The van der Waals surface area contributed by atoms with Crippen LogP contribution < -0.4 is 10.6 Å². The predicted octanol–water partition coefficient (Wildman–Crippen LogP) is 2.46. The van der Waals surface area contributed by atoms with Crippen LogP contribution in [0.4, 0.5) is 0 Å². The van der Waals surface area contributed by atoms with Gasteiger partial charge in [-0.3, -0.25) is 4.79 Å². The highest BCUT2D eigenvalue weighted by molar-refractivity contribution is 5.78. The van der Waals surface area contributed by atoms with Crippen molar-refractivity contribution in [1.82, 2.24) is 10.6 Å². The minimum Gasteiger partial charge on any atom is -0.352 e. The van der Waals surface area contributed by atoms with Gasteiger partial charge in [0, 0.05) is 6.04 Å². The van der Waals surface area contributed by atoms with Crippen molar-refractivity contribution in [1.29, 1.82) is 0 Å². The zero-order chi connectivity index (χ0) is 12.8. The molecule has 1 amide bonds. The van der Waals surface area contributed by atoms with Crippen LogP contribution in [0.3, 0.4) is 0 Å². The Hall–Kier alpha value is -0.570. The molecule has 2 aliphatic carbocycles. The van der Waals surface area contributed by atoms with Crippen molar-refractivity contribution < 1.29 is 4.79 Å². The van der Waals surface area contributed by atoms with Gasteiger partial charge in [-0.25, -0.2) is 0 Å². The summed E-state index contributed by atoms with van der Waals surface area (Å²) in [6.45, 7) is 3.87. The van der Waals surface area contributed by atoms with E-state index in [1.807, 2.05) is 0 Å². The fourth-order valence-electron chi connectivity index (χ4n) is 3.27. The fourth-order valence-corrected chi connectivity index (χ4v) is 3.27. The van der Waals surface area contributed by atoms with Gasteiger partial charge in [-0.2, -0.15) is 0 Å². The number of carbonyl (C=O) groups is 1. The first kappa shape index (κ1) is 13.9. The van der Waals surface area contributed by atoms with Crippen molar-refractivity contribution in [3.63, 3.8) is 0 Å². The van der Waals surface area contributed by atoms with Crippen molar-refractivity contribution in [2.24, 2.45) is 11.8 Å². The molecule has 0 aromatic heterocycles. The Bertz CT molecular complexity index is 253. The third kappa shape index (κ3) is 4.60. The predicted molar refractivity (Wildman–Crippen MR) is 74.4 cm³/mol. The molecule has 2 N–H and O–H groups in total. The molecule has 0 aliphatic heterocycles.